The first-order valence-corrected chi connectivity index (χ1v) is 5.74. The Morgan fingerprint density at radius 2 is 2.06 bits per heavy atom. The van der Waals surface area contributed by atoms with Crippen LogP contribution < -0.4 is 5.73 Å². The Morgan fingerprint density at radius 1 is 1.39 bits per heavy atom. The van der Waals surface area contributed by atoms with Gasteiger partial charge in [-0.1, -0.05) is 6.07 Å². The fraction of sp³-hybridized carbons (Fsp3) is 0.308. The molecule has 2 rings (SSSR count). The van der Waals surface area contributed by atoms with E-state index in [9.17, 15) is 13.6 Å². The second kappa shape index (κ2) is 5.27. The predicted octanol–water partition coefficient (Wildman–Crippen LogP) is 1.54. The zero-order valence-electron chi connectivity index (χ0n) is 9.77. The lowest BCUT2D eigenvalue weighted by Gasteiger charge is -2.12. The molecule has 1 amide bonds. The van der Waals surface area contributed by atoms with E-state index in [1.165, 1.54) is 12.1 Å². The fourth-order valence-corrected chi connectivity index (χ4v) is 1.92. The van der Waals surface area contributed by atoms with Crippen LogP contribution in [0.5, 0.6) is 0 Å². The van der Waals surface area contributed by atoms with Gasteiger partial charge in [0, 0.05) is 30.8 Å². The average Bonchev–Trinajstić information content (AvgIpc) is 2.75. The van der Waals surface area contributed by atoms with E-state index in [-0.39, 0.29) is 17.5 Å². The molecule has 0 aliphatic carbocycles. The van der Waals surface area contributed by atoms with E-state index < -0.39 is 11.6 Å². The van der Waals surface area contributed by atoms with Crippen molar-refractivity contribution in [3.8, 4) is 0 Å². The molecular formula is C13H14F2N2O. The zero-order chi connectivity index (χ0) is 13.1. The first-order chi connectivity index (χ1) is 8.58. The molecule has 0 saturated carbocycles. The number of carbonyl (C=O) groups is 1. The Balaban J connectivity index is 2.09. The monoisotopic (exact) mass is 252 g/mol. The molecule has 0 bridgehead atoms. The topological polar surface area (TPSA) is 46.3 Å². The molecule has 96 valence electrons. The van der Waals surface area contributed by atoms with Gasteiger partial charge in [0.1, 0.15) is 11.6 Å². The standard InChI is InChI=1S/C13H14F2N2O/c14-11-2-1-3-12(15)10(11)4-5-13(18)17-7-6-9(16)8-17/h1-5,9H,6-8,16H2/b5-4+. The highest BCUT2D eigenvalue weighted by Crippen LogP contribution is 2.14. The van der Waals surface area contributed by atoms with E-state index >= 15 is 0 Å². The van der Waals surface area contributed by atoms with Crippen molar-refractivity contribution in [2.24, 2.45) is 5.73 Å². The number of hydrogen-bond acceptors (Lipinski definition) is 2. The number of nitrogens with zero attached hydrogens (tertiary/aromatic N) is 1. The number of hydrogen-bond donors (Lipinski definition) is 1. The maximum atomic E-state index is 13.3. The van der Waals surface area contributed by atoms with Crippen LogP contribution in [0.1, 0.15) is 12.0 Å². The molecule has 1 aliphatic rings. The van der Waals surface area contributed by atoms with E-state index in [1.54, 1.807) is 4.90 Å². The predicted molar refractivity (Wildman–Crippen MR) is 64.6 cm³/mol. The molecule has 2 N–H and O–H groups in total. The average molecular weight is 252 g/mol. The van der Waals surface area contributed by atoms with Crippen LogP contribution in [0.25, 0.3) is 6.08 Å². The van der Waals surface area contributed by atoms with Crippen LogP contribution in [-0.2, 0) is 4.79 Å². The lowest BCUT2D eigenvalue weighted by molar-refractivity contribution is -0.124. The van der Waals surface area contributed by atoms with Crippen LogP contribution in [0.15, 0.2) is 24.3 Å². The normalized spacial score (nSPS) is 19.7. The molecule has 1 fully saturated rings. The molecule has 0 aromatic heterocycles. The van der Waals surface area contributed by atoms with E-state index in [1.807, 2.05) is 0 Å². The second-order valence-electron chi connectivity index (χ2n) is 4.30. The Hall–Kier alpha value is -1.75. The highest BCUT2D eigenvalue weighted by atomic mass is 19.1. The van der Waals surface area contributed by atoms with Crippen LogP contribution in [0.3, 0.4) is 0 Å². The molecule has 1 heterocycles. The van der Waals surface area contributed by atoms with Crippen LogP contribution in [0, 0.1) is 11.6 Å². The van der Waals surface area contributed by atoms with E-state index in [0.29, 0.717) is 13.1 Å². The summed E-state index contributed by atoms with van der Waals surface area (Å²) in [6.45, 7) is 1.08. The van der Waals surface area contributed by atoms with Gasteiger partial charge in [0.25, 0.3) is 0 Å². The van der Waals surface area contributed by atoms with Crippen LogP contribution >= 0.6 is 0 Å². The summed E-state index contributed by atoms with van der Waals surface area (Å²) >= 11 is 0. The number of amides is 1. The Morgan fingerprint density at radius 3 is 2.61 bits per heavy atom. The molecule has 0 spiro atoms. The number of halogens is 2. The summed E-state index contributed by atoms with van der Waals surface area (Å²) in [6.07, 6.45) is 3.10. The third-order valence-electron chi connectivity index (χ3n) is 2.93. The first-order valence-electron chi connectivity index (χ1n) is 5.74. The summed E-state index contributed by atoms with van der Waals surface area (Å²) in [5.41, 5.74) is 5.48. The highest BCUT2D eigenvalue weighted by molar-refractivity contribution is 5.92. The van der Waals surface area contributed by atoms with Crippen molar-refractivity contribution in [2.45, 2.75) is 12.5 Å². The summed E-state index contributed by atoms with van der Waals surface area (Å²) in [5.74, 6) is -1.64. The van der Waals surface area contributed by atoms with Gasteiger partial charge in [-0.3, -0.25) is 4.79 Å². The maximum absolute atomic E-state index is 13.3. The second-order valence-corrected chi connectivity index (χ2v) is 4.30. The molecular weight excluding hydrogens is 238 g/mol. The lowest BCUT2D eigenvalue weighted by Crippen LogP contribution is -2.30. The molecule has 1 aliphatic heterocycles. The third-order valence-corrected chi connectivity index (χ3v) is 2.93. The molecule has 1 aromatic carbocycles. The number of rotatable bonds is 2. The minimum Gasteiger partial charge on any atom is -0.338 e. The lowest BCUT2D eigenvalue weighted by atomic mass is 10.2. The summed E-state index contributed by atoms with van der Waals surface area (Å²) in [4.78, 5) is 13.3. The third kappa shape index (κ3) is 2.73. The summed E-state index contributed by atoms with van der Waals surface area (Å²) < 4.78 is 26.6. The molecule has 0 radical (unpaired) electrons. The van der Waals surface area contributed by atoms with E-state index in [0.717, 1.165) is 24.6 Å². The number of nitrogens with two attached hydrogens (primary N) is 1. The minimum atomic E-state index is -0.683. The van der Waals surface area contributed by atoms with Crippen molar-refractivity contribution in [3.05, 3.63) is 41.5 Å². The minimum absolute atomic E-state index is 0.00690. The van der Waals surface area contributed by atoms with Crippen molar-refractivity contribution in [2.75, 3.05) is 13.1 Å². The molecule has 3 nitrogen and oxygen atoms in total. The van der Waals surface area contributed by atoms with Crippen LogP contribution in [0.2, 0.25) is 0 Å². The molecule has 1 saturated heterocycles. The Bertz CT molecular complexity index is 468. The van der Waals surface area contributed by atoms with E-state index in [4.69, 9.17) is 5.73 Å². The molecule has 1 unspecified atom stereocenters. The van der Waals surface area contributed by atoms with Crippen molar-refractivity contribution < 1.29 is 13.6 Å². The van der Waals surface area contributed by atoms with Gasteiger partial charge in [-0.05, 0) is 24.6 Å². The smallest absolute Gasteiger partial charge is 0.246 e. The zero-order valence-corrected chi connectivity index (χ0v) is 9.77. The SMILES string of the molecule is NC1CCN(C(=O)/C=C/c2c(F)cccc2F)C1. The van der Waals surface area contributed by atoms with Crippen LogP contribution in [0.4, 0.5) is 8.78 Å². The first kappa shape index (κ1) is 12.7. The summed E-state index contributed by atoms with van der Waals surface area (Å²) in [6, 6.07) is 3.58. The van der Waals surface area contributed by atoms with Gasteiger partial charge in [-0.2, -0.15) is 0 Å². The number of benzene rings is 1. The molecule has 1 aromatic rings. The molecule has 5 heteroatoms. The fourth-order valence-electron chi connectivity index (χ4n) is 1.92. The summed E-state index contributed by atoms with van der Waals surface area (Å²) in [7, 11) is 0. The Labute approximate surface area is 104 Å². The maximum Gasteiger partial charge on any atom is 0.246 e. The molecule has 1 atom stereocenters. The van der Waals surface area contributed by atoms with Crippen molar-refractivity contribution in [1.29, 1.82) is 0 Å². The number of likely N-dealkylation sites (tertiary alicyclic amines) is 1. The van der Waals surface area contributed by atoms with Crippen LogP contribution in [-0.4, -0.2) is 29.9 Å². The largest absolute Gasteiger partial charge is 0.338 e. The van der Waals surface area contributed by atoms with Gasteiger partial charge in [-0.25, -0.2) is 8.78 Å². The van der Waals surface area contributed by atoms with Gasteiger partial charge in [0.15, 0.2) is 0 Å². The van der Waals surface area contributed by atoms with E-state index in [2.05, 4.69) is 0 Å². The van der Waals surface area contributed by atoms with Crippen molar-refractivity contribution >= 4 is 12.0 Å². The highest BCUT2D eigenvalue weighted by Gasteiger charge is 2.21. The molecule has 18 heavy (non-hydrogen) atoms. The van der Waals surface area contributed by atoms with Crippen molar-refractivity contribution in [3.63, 3.8) is 0 Å². The quantitative estimate of drug-likeness (QED) is 0.811. The van der Waals surface area contributed by atoms with Gasteiger partial charge in [-0.15, -0.1) is 0 Å². The van der Waals surface area contributed by atoms with Crippen molar-refractivity contribution in [1.82, 2.24) is 4.90 Å². The number of carbonyl (C=O) groups excluding carboxylic acids is 1. The van der Waals surface area contributed by atoms with Gasteiger partial charge >= 0.3 is 0 Å². The van der Waals surface area contributed by atoms with Gasteiger partial charge < -0.3 is 10.6 Å². The Kier molecular flexibility index (Phi) is 3.72. The summed E-state index contributed by atoms with van der Waals surface area (Å²) in [5, 5.41) is 0. The van der Waals surface area contributed by atoms with Gasteiger partial charge in [0.2, 0.25) is 5.91 Å². The van der Waals surface area contributed by atoms with Gasteiger partial charge in [0.05, 0.1) is 0 Å².